The molecule has 7 nitrogen and oxygen atoms in total. The van der Waals surface area contributed by atoms with E-state index in [0.717, 1.165) is 5.75 Å². The Morgan fingerprint density at radius 1 is 1.15 bits per heavy atom. The van der Waals surface area contributed by atoms with Gasteiger partial charge in [-0.3, -0.25) is 9.36 Å². The second-order valence-corrected chi connectivity index (χ2v) is 9.34. The minimum atomic E-state index is -0.158. The van der Waals surface area contributed by atoms with Crippen molar-refractivity contribution in [1.82, 2.24) is 14.8 Å². The number of amides is 1. The maximum Gasteiger partial charge on any atom is 0.234 e. The van der Waals surface area contributed by atoms with E-state index in [-0.39, 0.29) is 23.7 Å². The summed E-state index contributed by atoms with van der Waals surface area (Å²) in [5.74, 6) is 2.07. The topological polar surface area (TPSA) is 78.3 Å². The van der Waals surface area contributed by atoms with Gasteiger partial charge < -0.3 is 14.8 Å². The molecular formula is C25H30N4O3S. The molecule has 0 bridgehead atoms. The van der Waals surface area contributed by atoms with Gasteiger partial charge in [0.2, 0.25) is 5.91 Å². The molecule has 3 aromatic rings. The van der Waals surface area contributed by atoms with Crippen molar-refractivity contribution in [3.8, 4) is 11.5 Å². The van der Waals surface area contributed by atoms with Crippen LogP contribution in [-0.2, 0) is 23.4 Å². The number of carbonyl (C=O) groups is 1. The summed E-state index contributed by atoms with van der Waals surface area (Å²) in [7, 11) is 1.57. The van der Waals surface area contributed by atoms with E-state index < -0.39 is 0 Å². The Morgan fingerprint density at radius 3 is 2.55 bits per heavy atom. The number of para-hydroxylation sites is 2. The number of rotatable bonds is 10. The lowest BCUT2D eigenvalue weighted by Crippen LogP contribution is -2.15. The summed E-state index contributed by atoms with van der Waals surface area (Å²) in [6, 6.07) is 15.4. The molecule has 174 valence electrons. The fraction of sp³-hybridized carbons (Fsp3) is 0.320. The van der Waals surface area contributed by atoms with Gasteiger partial charge >= 0.3 is 0 Å². The SMILES string of the molecule is C=CCn1c(COc2ccc(C(C)(C)C)cc2)nnc1SCC(=O)Nc1ccccc1OC. The molecule has 1 amide bonds. The van der Waals surface area contributed by atoms with Gasteiger partial charge in [-0.25, -0.2) is 0 Å². The van der Waals surface area contributed by atoms with Gasteiger partial charge in [0, 0.05) is 6.54 Å². The van der Waals surface area contributed by atoms with Gasteiger partial charge in [0.1, 0.15) is 18.1 Å². The summed E-state index contributed by atoms with van der Waals surface area (Å²) in [6.07, 6.45) is 1.77. The highest BCUT2D eigenvalue weighted by atomic mass is 32.2. The van der Waals surface area contributed by atoms with E-state index in [0.29, 0.717) is 29.0 Å². The van der Waals surface area contributed by atoms with Crippen molar-refractivity contribution >= 4 is 23.4 Å². The van der Waals surface area contributed by atoms with Crippen molar-refractivity contribution in [2.75, 3.05) is 18.2 Å². The van der Waals surface area contributed by atoms with Crippen LogP contribution in [0.1, 0.15) is 32.2 Å². The van der Waals surface area contributed by atoms with Crippen LogP contribution in [0.15, 0.2) is 66.3 Å². The average Bonchev–Trinajstić information content (AvgIpc) is 3.18. The first kappa shape index (κ1) is 24.4. The third-order valence-electron chi connectivity index (χ3n) is 4.91. The van der Waals surface area contributed by atoms with Gasteiger partial charge in [0.15, 0.2) is 11.0 Å². The molecule has 0 radical (unpaired) electrons. The number of aromatic nitrogens is 3. The number of allylic oxidation sites excluding steroid dienone is 1. The quantitative estimate of drug-likeness (QED) is 0.332. The molecule has 0 saturated carbocycles. The molecule has 0 spiro atoms. The van der Waals surface area contributed by atoms with Gasteiger partial charge in [0.05, 0.1) is 18.6 Å². The molecule has 1 aromatic heterocycles. The molecule has 0 aliphatic rings. The van der Waals surface area contributed by atoms with Crippen molar-refractivity contribution in [3.05, 3.63) is 72.6 Å². The molecule has 0 aliphatic heterocycles. The Morgan fingerprint density at radius 2 is 1.88 bits per heavy atom. The number of thioether (sulfide) groups is 1. The third kappa shape index (κ3) is 6.61. The molecule has 8 heteroatoms. The molecule has 0 atom stereocenters. The second kappa shape index (κ2) is 11.0. The van der Waals surface area contributed by atoms with Crippen molar-refractivity contribution in [2.45, 2.75) is 44.5 Å². The number of nitrogens with one attached hydrogen (secondary N) is 1. The minimum absolute atomic E-state index is 0.0900. The Kier molecular flexibility index (Phi) is 8.16. The summed E-state index contributed by atoms with van der Waals surface area (Å²) in [4.78, 5) is 12.4. The van der Waals surface area contributed by atoms with E-state index >= 15 is 0 Å². The third-order valence-corrected chi connectivity index (χ3v) is 5.87. The van der Waals surface area contributed by atoms with Crippen LogP contribution in [0.4, 0.5) is 5.69 Å². The van der Waals surface area contributed by atoms with E-state index in [4.69, 9.17) is 9.47 Å². The lowest BCUT2D eigenvalue weighted by atomic mass is 9.87. The highest BCUT2D eigenvalue weighted by Gasteiger charge is 2.16. The van der Waals surface area contributed by atoms with Crippen molar-refractivity contribution in [3.63, 3.8) is 0 Å². The molecule has 1 N–H and O–H groups in total. The molecule has 3 rings (SSSR count). The molecule has 0 saturated heterocycles. The number of carbonyl (C=O) groups excluding carboxylic acids is 1. The number of ether oxygens (including phenoxy) is 2. The number of benzene rings is 2. The van der Waals surface area contributed by atoms with Crippen LogP contribution in [0.3, 0.4) is 0 Å². The van der Waals surface area contributed by atoms with Crippen LogP contribution >= 0.6 is 11.8 Å². The largest absolute Gasteiger partial charge is 0.495 e. The zero-order valence-electron chi connectivity index (χ0n) is 19.5. The molecule has 1 heterocycles. The molecule has 33 heavy (non-hydrogen) atoms. The maximum atomic E-state index is 12.4. The van der Waals surface area contributed by atoms with Gasteiger partial charge in [0.25, 0.3) is 0 Å². The summed E-state index contributed by atoms with van der Waals surface area (Å²) in [5.41, 5.74) is 1.96. The lowest BCUT2D eigenvalue weighted by molar-refractivity contribution is -0.113. The van der Waals surface area contributed by atoms with E-state index in [1.807, 2.05) is 28.8 Å². The first-order valence-electron chi connectivity index (χ1n) is 10.6. The Labute approximate surface area is 199 Å². The normalized spacial score (nSPS) is 11.2. The number of methoxy groups -OCH3 is 1. The average molecular weight is 467 g/mol. The fourth-order valence-corrected chi connectivity index (χ4v) is 3.88. The van der Waals surface area contributed by atoms with Crippen LogP contribution in [0, 0.1) is 0 Å². The second-order valence-electron chi connectivity index (χ2n) is 8.40. The van der Waals surface area contributed by atoms with Crippen LogP contribution in [-0.4, -0.2) is 33.5 Å². The maximum absolute atomic E-state index is 12.4. The predicted octanol–water partition coefficient (Wildman–Crippen LogP) is 5.08. The van der Waals surface area contributed by atoms with Gasteiger partial charge in [-0.15, -0.1) is 16.8 Å². The van der Waals surface area contributed by atoms with Crippen LogP contribution in [0.25, 0.3) is 0 Å². The molecule has 0 unspecified atom stereocenters. The number of hydrogen-bond acceptors (Lipinski definition) is 6. The molecular weight excluding hydrogens is 436 g/mol. The van der Waals surface area contributed by atoms with Gasteiger partial charge in [-0.1, -0.05) is 62.9 Å². The Balaban J connectivity index is 1.61. The van der Waals surface area contributed by atoms with E-state index in [2.05, 4.69) is 55.0 Å². The summed E-state index contributed by atoms with van der Waals surface area (Å²) >= 11 is 1.31. The van der Waals surface area contributed by atoms with Crippen molar-refractivity contribution in [1.29, 1.82) is 0 Å². The van der Waals surface area contributed by atoms with E-state index in [9.17, 15) is 4.79 Å². The lowest BCUT2D eigenvalue weighted by Gasteiger charge is -2.19. The number of anilines is 1. The predicted molar refractivity (Wildman–Crippen MR) is 132 cm³/mol. The van der Waals surface area contributed by atoms with Crippen molar-refractivity contribution < 1.29 is 14.3 Å². The summed E-state index contributed by atoms with van der Waals surface area (Å²) < 4.78 is 13.1. The van der Waals surface area contributed by atoms with E-state index in [1.54, 1.807) is 25.3 Å². The van der Waals surface area contributed by atoms with Crippen LogP contribution in [0.2, 0.25) is 0 Å². The summed E-state index contributed by atoms with van der Waals surface area (Å²) in [5, 5.41) is 12.0. The molecule has 0 fully saturated rings. The zero-order chi connectivity index (χ0) is 23.8. The smallest absolute Gasteiger partial charge is 0.234 e. The molecule has 0 aliphatic carbocycles. The standard InChI is InChI=1S/C25H30N4O3S/c1-6-15-29-22(16-32-19-13-11-18(12-14-19)25(2,3)4)27-28-24(29)33-17-23(30)26-20-9-7-8-10-21(20)31-5/h6-14H,1,15-17H2,2-5H3,(H,26,30). The number of nitrogens with zero attached hydrogens (tertiary/aromatic N) is 3. The van der Waals surface area contributed by atoms with Crippen LogP contribution in [0.5, 0.6) is 11.5 Å². The fourth-order valence-electron chi connectivity index (χ4n) is 3.11. The highest BCUT2D eigenvalue weighted by molar-refractivity contribution is 7.99. The minimum Gasteiger partial charge on any atom is -0.495 e. The Hall–Kier alpha value is -3.26. The first-order chi connectivity index (χ1) is 15.8. The van der Waals surface area contributed by atoms with E-state index in [1.165, 1.54) is 17.3 Å². The zero-order valence-corrected chi connectivity index (χ0v) is 20.3. The number of hydrogen-bond donors (Lipinski definition) is 1. The first-order valence-corrected chi connectivity index (χ1v) is 11.6. The van der Waals surface area contributed by atoms with Crippen LogP contribution < -0.4 is 14.8 Å². The molecule has 2 aromatic carbocycles. The van der Waals surface area contributed by atoms with Gasteiger partial charge in [-0.05, 0) is 35.2 Å². The highest BCUT2D eigenvalue weighted by Crippen LogP contribution is 2.26. The van der Waals surface area contributed by atoms with Gasteiger partial charge in [-0.2, -0.15) is 0 Å². The monoisotopic (exact) mass is 466 g/mol. The summed E-state index contributed by atoms with van der Waals surface area (Å²) in [6.45, 7) is 11.1. The Bertz CT molecular complexity index is 1090. The van der Waals surface area contributed by atoms with Crippen molar-refractivity contribution in [2.24, 2.45) is 0 Å².